The second-order valence-corrected chi connectivity index (χ2v) is 6.66. The van der Waals surface area contributed by atoms with Gasteiger partial charge in [0.05, 0.1) is 23.6 Å². The molecular formula is C18H23N5O3. The van der Waals surface area contributed by atoms with Crippen molar-refractivity contribution in [1.82, 2.24) is 15.1 Å². The summed E-state index contributed by atoms with van der Waals surface area (Å²) in [6.45, 7) is 8.14. The second kappa shape index (κ2) is 6.87. The van der Waals surface area contributed by atoms with Crippen LogP contribution < -0.4 is 19.7 Å². The fourth-order valence-corrected chi connectivity index (χ4v) is 3.52. The van der Waals surface area contributed by atoms with Gasteiger partial charge in [-0.25, -0.2) is 0 Å². The number of ether oxygens (including phenoxy) is 2. The van der Waals surface area contributed by atoms with Gasteiger partial charge in [0.15, 0.2) is 11.5 Å². The van der Waals surface area contributed by atoms with E-state index in [1.54, 1.807) is 6.07 Å². The van der Waals surface area contributed by atoms with Gasteiger partial charge in [-0.15, -0.1) is 0 Å². The number of benzene rings is 1. The van der Waals surface area contributed by atoms with Gasteiger partial charge in [-0.05, 0) is 26.0 Å². The van der Waals surface area contributed by atoms with Crippen LogP contribution in [-0.2, 0) is 4.79 Å². The van der Waals surface area contributed by atoms with Crippen LogP contribution in [0.2, 0.25) is 0 Å². The monoisotopic (exact) mass is 357 g/mol. The molecule has 1 fully saturated rings. The molecule has 0 aliphatic carbocycles. The van der Waals surface area contributed by atoms with Crippen LogP contribution in [0.3, 0.4) is 0 Å². The SMILES string of the molecule is Cc1n[nH]c(C)c1N1CCN(CC(=O)Nc2ccc3c(c2)OCO3)CC1. The van der Waals surface area contributed by atoms with Gasteiger partial charge in [-0.2, -0.15) is 5.10 Å². The summed E-state index contributed by atoms with van der Waals surface area (Å²) in [5.74, 6) is 1.36. The van der Waals surface area contributed by atoms with Gasteiger partial charge in [0.2, 0.25) is 12.7 Å². The number of carbonyl (C=O) groups is 1. The van der Waals surface area contributed by atoms with Crippen LogP contribution in [0.15, 0.2) is 18.2 Å². The molecule has 1 amide bonds. The van der Waals surface area contributed by atoms with Crippen molar-refractivity contribution >= 4 is 17.3 Å². The van der Waals surface area contributed by atoms with E-state index in [9.17, 15) is 4.79 Å². The molecule has 0 radical (unpaired) electrons. The van der Waals surface area contributed by atoms with Gasteiger partial charge >= 0.3 is 0 Å². The molecule has 3 heterocycles. The van der Waals surface area contributed by atoms with E-state index in [1.807, 2.05) is 26.0 Å². The number of amides is 1. The van der Waals surface area contributed by atoms with Gasteiger partial charge in [-0.3, -0.25) is 14.8 Å². The number of piperazine rings is 1. The number of carbonyl (C=O) groups excluding carboxylic acids is 1. The Hall–Kier alpha value is -2.74. The third-order valence-corrected chi connectivity index (χ3v) is 4.80. The van der Waals surface area contributed by atoms with Crippen molar-refractivity contribution in [3.8, 4) is 11.5 Å². The van der Waals surface area contributed by atoms with Crippen LogP contribution in [0.25, 0.3) is 0 Å². The molecule has 0 spiro atoms. The van der Waals surface area contributed by atoms with E-state index in [4.69, 9.17) is 9.47 Å². The Morgan fingerprint density at radius 2 is 1.96 bits per heavy atom. The molecule has 2 aliphatic rings. The summed E-state index contributed by atoms with van der Waals surface area (Å²) < 4.78 is 10.6. The average Bonchev–Trinajstić information content (AvgIpc) is 3.22. The summed E-state index contributed by atoms with van der Waals surface area (Å²) in [7, 11) is 0. The van der Waals surface area contributed by atoms with Gasteiger partial charge in [0.1, 0.15) is 0 Å². The van der Waals surface area contributed by atoms with Crippen LogP contribution in [0.4, 0.5) is 11.4 Å². The van der Waals surface area contributed by atoms with Crippen LogP contribution in [0.5, 0.6) is 11.5 Å². The minimum absolute atomic E-state index is 0.0204. The number of H-pyrrole nitrogens is 1. The maximum atomic E-state index is 12.3. The van der Waals surface area contributed by atoms with Gasteiger partial charge in [0, 0.05) is 37.9 Å². The molecule has 8 nitrogen and oxygen atoms in total. The van der Waals surface area contributed by atoms with Crippen molar-refractivity contribution in [3.63, 3.8) is 0 Å². The number of nitrogens with zero attached hydrogens (tertiary/aromatic N) is 3. The molecule has 2 N–H and O–H groups in total. The van der Waals surface area contributed by atoms with E-state index in [0.717, 1.165) is 43.3 Å². The predicted molar refractivity (Wildman–Crippen MR) is 97.9 cm³/mol. The van der Waals surface area contributed by atoms with Crippen LogP contribution in [0, 0.1) is 13.8 Å². The molecule has 138 valence electrons. The highest BCUT2D eigenvalue weighted by molar-refractivity contribution is 5.92. The van der Waals surface area contributed by atoms with Gasteiger partial charge < -0.3 is 19.7 Å². The lowest BCUT2D eigenvalue weighted by atomic mass is 10.2. The normalized spacial score (nSPS) is 16.8. The second-order valence-electron chi connectivity index (χ2n) is 6.66. The fraction of sp³-hybridized carbons (Fsp3) is 0.444. The van der Waals surface area contributed by atoms with E-state index in [1.165, 1.54) is 5.69 Å². The number of aryl methyl sites for hydroxylation is 2. The molecule has 0 bridgehead atoms. The van der Waals surface area contributed by atoms with Crippen LogP contribution in [-0.4, -0.2) is 60.5 Å². The van der Waals surface area contributed by atoms with Crippen molar-refractivity contribution in [2.45, 2.75) is 13.8 Å². The van der Waals surface area contributed by atoms with Gasteiger partial charge in [0.25, 0.3) is 0 Å². The molecule has 0 atom stereocenters. The summed E-state index contributed by atoms with van der Waals surface area (Å²) >= 11 is 0. The standard InChI is InChI=1S/C18H23N5O3/c1-12-18(13(2)21-20-12)23-7-5-22(6-8-23)10-17(24)19-14-3-4-15-16(9-14)26-11-25-15/h3-4,9H,5-8,10-11H2,1-2H3,(H,19,24)(H,20,21). The first-order valence-corrected chi connectivity index (χ1v) is 8.78. The molecule has 4 rings (SSSR count). The predicted octanol–water partition coefficient (Wildman–Crippen LogP) is 1.52. The number of anilines is 2. The number of aromatic amines is 1. The van der Waals surface area contributed by atoms with E-state index in [2.05, 4.69) is 25.3 Å². The van der Waals surface area contributed by atoms with Gasteiger partial charge in [-0.1, -0.05) is 0 Å². The number of hydrogen-bond donors (Lipinski definition) is 2. The maximum Gasteiger partial charge on any atom is 0.238 e. The summed E-state index contributed by atoms with van der Waals surface area (Å²) in [6, 6.07) is 5.43. The first-order valence-electron chi connectivity index (χ1n) is 8.78. The number of nitrogens with one attached hydrogen (secondary N) is 2. The van der Waals surface area contributed by atoms with E-state index in [-0.39, 0.29) is 12.7 Å². The van der Waals surface area contributed by atoms with E-state index < -0.39 is 0 Å². The number of rotatable bonds is 4. The minimum Gasteiger partial charge on any atom is -0.454 e. The van der Waals surface area contributed by atoms with Crippen LogP contribution in [0.1, 0.15) is 11.4 Å². The quantitative estimate of drug-likeness (QED) is 0.863. The van der Waals surface area contributed by atoms with Crippen molar-refractivity contribution in [1.29, 1.82) is 0 Å². The summed E-state index contributed by atoms with van der Waals surface area (Å²) in [4.78, 5) is 16.8. The molecule has 1 aromatic heterocycles. The third-order valence-electron chi connectivity index (χ3n) is 4.80. The summed E-state index contributed by atoms with van der Waals surface area (Å²) in [5.41, 5.74) is 4.03. The van der Waals surface area contributed by atoms with Crippen molar-refractivity contribution < 1.29 is 14.3 Å². The van der Waals surface area contributed by atoms with E-state index >= 15 is 0 Å². The first-order chi connectivity index (χ1) is 12.6. The molecular weight excluding hydrogens is 334 g/mol. The highest BCUT2D eigenvalue weighted by Crippen LogP contribution is 2.34. The Morgan fingerprint density at radius 1 is 1.19 bits per heavy atom. The molecule has 2 aliphatic heterocycles. The Morgan fingerprint density at radius 3 is 2.69 bits per heavy atom. The zero-order valence-corrected chi connectivity index (χ0v) is 15.0. The largest absolute Gasteiger partial charge is 0.454 e. The topological polar surface area (TPSA) is 82.7 Å². The Bertz CT molecular complexity index is 792. The lowest BCUT2D eigenvalue weighted by Crippen LogP contribution is -2.49. The fourth-order valence-electron chi connectivity index (χ4n) is 3.52. The Kier molecular flexibility index (Phi) is 4.42. The molecule has 26 heavy (non-hydrogen) atoms. The number of hydrogen-bond acceptors (Lipinski definition) is 6. The maximum absolute atomic E-state index is 12.3. The highest BCUT2D eigenvalue weighted by Gasteiger charge is 2.22. The molecule has 8 heteroatoms. The molecule has 0 saturated carbocycles. The zero-order chi connectivity index (χ0) is 18.1. The zero-order valence-electron chi connectivity index (χ0n) is 15.0. The molecule has 0 unspecified atom stereocenters. The molecule has 2 aromatic rings. The Balaban J connectivity index is 1.29. The number of fused-ring (bicyclic) bond motifs is 1. The molecule has 1 saturated heterocycles. The lowest BCUT2D eigenvalue weighted by Gasteiger charge is -2.35. The smallest absolute Gasteiger partial charge is 0.238 e. The lowest BCUT2D eigenvalue weighted by molar-refractivity contribution is -0.117. The Labute approximate surface area is 152 Å². The first kappa shape index (κ1) is 16.7. The van der Waals surface area contributed by atoms with Crippen molar-refractivity contribution in [3.05, 3.63) is 29.6 Å². The third kappa shape index (κ3) is 3.32. The van der Waals surface area contributed by atoms with Crippen LogP contribution >= 0.6 is 0 Å². The summed E-state index contributed by atoms with van der Waals surface area (Å²) in [6.07, 6.45) is 0. The highest BCUT2D eigenvalue weighted by atomic mass is 16.7. The molecule has 1 aromatic carbocycles. The average molecular weight is 357 g/mol. The summed E-state index contributed by atoms with van der Waals surface area (Å²) in [5, 5.41) is 10.2. The van der Waals surface area contributed by atoms with E-state index in [0.29, 0.717) is 18.0 Å². The number of aromatic nitrogens is 2. The van der Waals surface area contributed by atoms with Crippen molar-refractivity contribution in [2.24, 2.45) is 0 Å². The van der Waals surface area contributed by atoms with Crippen molar-refractivity contribution in [2.75, 3.05) is 49.7 Å². The minimum atomic E-state index is -0.0204.